The first-order chi connectivity index (χ1) is 12.5. The van der Waals surface area contributed by atoms with Gasteiger partial charge in [0.25, 0.3) is 0 Å². The third-order valence-corrected chi connectivity index (χ3v) is 4.83. The molecule has 0 aromatic carbocycles. The van der Waals surface area contributed by atoms with E-state index in [1.807, 2.05) is 0 Å². The fourth-order valence-corrected chi connectivity index (χ4v) is 3.41. The molecule has 0 bridgehead atoms. The third-order valence-electron chi connectivity index (χ3n) is 4.63. The summed E-state index contributed by atoms with van der Waals surface area (Å²) in [4.78, 5) is 15.5. The van der Waals surface area contributed by atoms with Crippen LogP contribution in [0.25, 0.3) is 22.4 Å². The van der Waals surface area contributed by atoms with Gasteiger partial charge in [-0.05, 0) is 25.3 Å². The normalized spacial score (nSPS) is 23.3. The van der Waals surface area contributed by atoms with Gasteiger partial charge in [-0.15, -0.1) is 0 Å². The molecule has 3 aromatic rings. The Labute approximate surface area is 153 Å². The highest BCUT2D eigenvalue weighted by Gasteiger charge is 2.31. The van der Waals surface area contributed by atoms with E-state index in [1.54, 1.807) is 12.3 Å². The smallest absolute Gasteiger partial charge is 0.183 e. The van der Waals surface area contributed by atoms with Gasteiger partial charge in [0.1, 0.15) is 5.65 Å². The van der Waals surface area contributed by atoms with Crippen molar-refractivity contribution >= 4 is 28.5 Å². The second-order valence-corrected chi connectivity index (χ2v) is 6.82. The Morgan fingerprint density at radius 2 is 2.08 bits per heavy atom. The van der Waals surface area contributed by atoms with Gasteiger partial charge in [-0.1, -0.05) is 11.6 Å². The first-order valence-electron chi connectivity index (χ1n) is 8.31. The first kappa shape index (κ1) is 17.1. The van der Waals surface area contributed by atoms with E-state index in [4.69, 9.17) is 11.6 Å². The molecule has 0 saturated heterocycles. The molecule has 0 radical (unpaired) electrons. The molecule has 9 heteroatoms. The lowest BCUT2D eigenvalue weighted by atomic mass is 9.90. The maximum atomic E-state index is 14.2. The zero-order chi connectivity index (χ0) is 18.3. The molecule has 7 nitrogen and oxygen atoms in total. The highest BCUT2D eigenvalue weighted by molar-refractivity contribution is 6.31. The van der Waals surface area contributed by atoms with E-state index in [9.17, 15) is 14.6 Å². The van der Waals surface area contributed by atoms with Gasteiger partial charge < -0.3 is 20.5 Å². The van der Waals surface area contributed by atoms with Crippen molar-refractivity contribution in [2.75, 3.05) is 5.32 Å². The van der Waals surface area contributed by atoms with Crippen molar-refractivity contribution in [2.24, 2.45) is 0 Å². The average Bonchev–Trinajstić information content (AvgIpc) is 3.04. The van der Waals surface area contributed by atoms with Crippen LogP contribution in [0.4, 0.5) is 10.2 Å². The zero-order valence-corrected chi connectivity index (χ0v) is 14.4. The molecular formula is C17H17ClFN5O2. The summed E-state index contributed by atoms with van der Waals surface area (Å²) in [7, 11) is 0. The number of aromatic amines is 1. The number of anilines is 1. The molecule has 0 amide bonds. The van der Waals surface area contributed by atoms with E-state index in [-0.39, 0.29) is 5.82 Å². The van der Waals surface area contributed by atoms with Crippen molar-refractivity contribution < 1.29 is 14.6 Å². The molecule has 26 heavy (non-hydrogen) atoms. The topological polar surface area (TPSA) is 107 Å². The van der Waals surface area contributed by atoms with Gasteiger partial charge in [-0.25, -0.2) is 19.3 Å². The molecule has 1 fully saturated rings. The number of aliphatic hydroxyl groups excluding tert-OH is 2. The monoisotopic (exact) mass is 377 g/mol. The lowest BCUT2D eigenvalue weighted by molar-refractivity contribution is -0.0162. The van der Waals surface area contributed by atoms with Gasteiger partial charge in [-0.2, -0.15) is 0 Å². The molecule has 4 rings (SSSR count). The summed E-state index contributed by atoms with van der Waals surface area (Å²) in [6.07, 6.45) is 4.37. The fourth-order valence-electron chi connectivity index (χ4n) is 3.25. The number of hydrogen-bond acceptors (Lipinski definition) is 6. The van der Waals surface area contributed by atoms with E-state index in [0.29, 0.717) is 34.9 Å². The minimum absolute atomic E-state index is 0.0162. The van der Waals surface area contributed by atoms with Crippen LogP contribution in [0.1, 0.15) is 19.3 Å². The van der Waals surface area contributed by atoms with Crippen molar-refractivity contribution in [2.45, 2.75) is 37.5 Å². The van der Waals surface area contributed by atoms with Gasteiger partial charge in [0.05, 0.1) is 29.5 Å². The number of rotatable bonds is 3. The summed E-state index contributed by atoms with van der Waals surface area (Å²) in [6.45, 7) is 0. The summed E-state index contributed by atoms with van der Waals surface area (Å²) < 4.78 is 14.2. The van der Waals surface area contributed by atoms with Crippen molar-refractivity contribution in [3.8, 4) is 11.4 Å². The van der Waals surface area contributed by atoms with Crippen LogP contribution in [0.3, 0.4) is 0 Å². The molecule has 1 aliphatic rings. The van der Waals surface area contributed by atoms with Gasteiger partial charge in [0.15, 0.2) is 17.5 Å². The highest BCUT2D eigenvalue weighted by atomic mass is 35.5. The van der Waals surface area contributed by atoms with Crippen molar-refractivity contribution in [3.63, 3.8) is 0 Å². The lowest BCUT2D eigenvalue weighted by Crippen LogP contribution is -2.45. The van der Waals surface area contributed by atoms with E-state index in [0.717, 1.165) is 18.0 Å². The molecule has 1 saturated carbocycles. The van der Waals surface area contributed by atoms with Crippen LogP contribution in [0.5, 0.6) is 0 Å². The second-order valence-electron chi connectivity index (χ2n) is 6.38. The number of nitrogens with zero attached hydrogens (tertiary/aromatic N) is 3. The van der Waals surface area contributed by atoms with Crippen LogP contribution in [0, 0.1) is 5.82 Å². The Balaban J connectivity index is 1.68. The largest absolute Gasteiger partial charge is 0.390 e. The van der Waals surface area contributed by atoms with E-state index >= 15 is 0 Å². The van der Waals surface area contributed by atoms with E-state index in [1.165, 1.54) is 6.20 Å². The standard InChI is InChI=1S/C17H17ClFN5O2/c18-8-4-9-10(6-21-15(9)20-5-8)16-22-7-11(19)17(24-16)23-12-2-1-3-13(25)14(12)26/h4-7,12-14,25-26H,1-3H2,(H,20,21)(H,22,23,24)/t12?,13-,14-/m0/s1. The Hall–Kier alpha value is -2.29. The number of fused-ring (bicyclic) bond motifs is 1. The van der Waals surface area contributed by atoms with Gasteiger partial charge >= 0.3 is 0 Å². The molecule has 3 heterocycles. The Morgan fingerprint density at radius 1 is 1.23 bits per heavy atom. The number of pyridine rings is 1. The summed E-state index contributed by atoms with van der Waals surface area (Å²) in [5, 5.41) is 24.0. The van der Waals surface area contributed by atoms with Crippen LogP contribution in [0.2, 0.25) is 5.02 Å². The Morgan fingerprint density at radius 3 is 2.92 bits per heavy atom. The van der Waals surface area contributed by atoms with Gasteiger partial charge in [0.2, 0.25) is 0 Å². The van der Waals surface area contributed by atoms with Gasteiger partial charge in [-0.3, -0.25) is 0 Å². The number of H-pyrrole nitrogens is 1. The minimum Gasteiger partial charge on any atom is -0.390 e. The summed E-state index contributed by atoms with van der Waals surface area (Å²) in [5.74, 6) is -0.343. The van der Waals surface area contributed by atoms with E-state index in [2.05, 4.69) is 25.3 Å². The average molecular weight is 378 g/mol. The highest BCUT2D eigenvalue weighted by Crippen LogP contribution is 2.29. The number of hydrogen-bond donors (Lipinski definition) is 4. The second kappa shape index (κ2) is 6.79. The SMILES string of the molecule is O[C@H]1CCCC(Nc2nc(-c3c[nH]c4ncc(Cl)cc34)ncc2F)[C@@H]1O. The van der Waals surface area contributed by atoms with Crippen molar-refractivity contribution in [3.05, 3.63) is 35.5 Å². The molecule has 0 spiro atoms. The number of halogens is 2. The number of aliphatic hydroxyl groups is 2. The Kier molecular flexibility index (Phi) is 4.47. The zero-order valence-electron chi connectivity index (χ0n) is 13.7. The minimum atomic E-state index is -0.974. The molecule has 1 unspecified atom stereocenters. The molecule has 136 valence electrons. The van der Waals surface area contributed by atoms with Gasteiger partial charge in [0, 0.05) is 23.3 Å². The van der Waals surface area contributed by atoms with Crippen molar-refractivity contribution in [1.82, 2.24) is 19.9 Å². The molecular weight excluding hydrogens is 361 g/mol. The maximum Gasteiger partial charge on any atom is 0.183 e. The van der Waals surface area contributed by atoms with Crippen molar-refractivity contribution in [1.29, 1.82) is 0 Å². The van der Waals surface area contributed by atoms with Crippen LogP contribution >= 0.6 is 11.6 Å². The molecule has 3 aromatic heterocycles. The summed E-state index contributed by atoms with van der Waals surface area (Å²) in [6, 6.07) is 1.26. The summed E-state index contributed by atoms with van der Waals surface area (Å²) >= 11 is 6.01. The maximum absolute atomic E-state index is 14.2. The number of aromatic nitrogens is 4. The quantitative estimate of drug-likeness (QED) is 0.558. The molecule has 4 N–H and O–H groups in total. The first-order valence-corrected chi connectivity index (χ1v) is 8.69. The van der Waals surface area contributed by atoms with Crippen LogP contribution < -0.4 is 5.32 Å². The molecule has 0 aliphatic heterocycles. The predicted octanol–water partition coefficient (Wildman–Crippen LogP) is 2.50. The fraction of sp³-hybridized carbons (Fsp3) is 0.353. The third kappa shape index (κ3) is 3.11. The number of nitrogens with one attached hydrogen (secondary N) is 2. The van der Waals surface area contributed by atoms with Crippen LogP contribution in [-0.2, 0) is 0 Å². The predicted molar refractivity (Wildman–Crippen MR) is 95.4 cm³/mol. The lowest BCUT2D eigenvalue weighted by Gasteiger charge is -2.32. The molecule has 3 atom stereocenters. The Bertz CT molecular complexity index is 950. The van der Waals surface area contributed by atoms with Crippen LogP contribution in [-0.4, -0.2) is 48.4 Å². The van der Waals surface area contributed by atoms with Crippen LogP contribution in [0.15, 0.2) is 24.7 Å². The van der Waals surface area contributed by atoms with E-state index < -0.39 is 24.1 Å². The summed E-state index contributed by atoms with van der Waals surface area (Å²) in [5.41, 5.74) is 1.26. The molecule has 1 aliphatic carbocycles.